The molecule has 3 aromatic carbocycles. The lowest BCUT2D eigenvalue weighted by Crippen LogP contribution is -2.10. The van der Waals surface area contributed by atoms with Gasteiger partial charge in [-0.1, -0.05) is 73.7 Å². The van der Waals surface area contributed by atoms with Crippen molar-refractivity contribution < 1.29 is 4.79 Å². The number of fused-ring (bicyclic) bond motifs is 3. The van der Waals surface area contributed by atoms with Crippen LogP contribution in [0.5, 0.6) is 0 Å². The average molecular weight is 272 g/mol. The molecular formula is C20H16O. The number of ketones is 1. The summed E-state index contributed by atoms with van der Waals surface area (Å²) >= 11 is 0. The van der Waals surface area contributed by atoms with Gasteiger partial charge in [-0.3, -0.25) is 4.79 Å². The highest BCUT2D eigenvalue weighted by molar-refractivity contribution is 6.08. The van der Waals surface area contributed by atoms with Crippen LogP contribution in [0.3, 0.4) is 0 Å². The van der Waals surface area contributed by atoms with E-state index in [1.807, 2.05) is 18.2 Å². The van der Waals surface area contributed by atoms with Crippen LogP contribution in [-0.4, -0.2) is 5.78 Å². The van der Waals surface area contributed by atoms with Crippen molar-refractivity contribution in [1.82, 2.24) is 0 Å². The van der Waals surface area contributed by atoms with Gasteiger partial charge in [0.05, 0.1) is 0 Å². The molecule has 0 heterocycles. The molecule has 3 aromatic rings. The minimum absolute atomic E-state index is 0.00760. The van der Waals surface area contributed by atoms with Gasteiger partial charge in [-0.05, 0) is 21.9 Å². The highest BCUT2D eigenvalue weighted by atomic mass is 16.1. The minimum Gasteiger partial charge on any atom is -0.294 e. The summed E-state index contributed by atoms with van der Waals surface area (Å²) in [5.41, 5.74) is 3.33. The highest BCUT2D eigenvalue weighted by Crippen LogP contribution is 2.45. The molecule has 2 atom stereocenters. The summed E-state index contributed by atoms with van der Waals surface area (Å²) < 4.78 is 0. The molecule has 0 bridgehead atoms. The molecule has 0 fully saturated rings. The normalized spacial score (nSPS) is 20.7. The van der Waals surface area contributed by atoms with Crippen LogP contribution in [0, 0.1) is 5.92 Å². The third-order valence-electron chi connectivity index (χ3n) is 4.62. The molecule has 102 valence electrons. The SMILES string of the molecule is C[C@H]1C(=O)c2ccc3ccccc3c2[C@@H]1c1ccccc1. The summed E-state index contributed by atoms with van der Waals surface area (Å²) in [4.78, 5) is 12.6. The third-order valence-corrected chi connectivity index (χ3v) is 4.62. The molecule has 4 rings (SSSR count). The molecular weight excluding hydrogens is 256 g/mol. The zero-order valence-corrected chi connectivity index (χ0v) is 11.9. The fraction of sp³-hybridized carbons (Fsp3) is 0.150. The molecule has 0 amide bonds. The van der Waals surface area contributed by atoms with E-state index in [0.29, 0.717) is 0 Å². The molecule has 1 heteroatoms. The van der Waals surface area contributed by atoms with E-state index in [0.717, 1.165) is 5.56 Å². The Balaban J connectivity index is 2.05. The summed E-state index contributed by atoms with van der Waals surface area (Å²) in [6.07, 6.45) is 0. The van der Waals surface area contributed by atoms with Crippen LogP contribution < -0.4 is 0 Å². The van der Waals surface area contributed by atoms with E-state index in [1.54, 1.807) is 0 Å². The van der Waals surface area contributed by atoms with Crippen LogP contribution in [0.15, 0.2) is 66.7 Å². The van der Waals surface area contributed by atoms with Crippen LogP contribution in [0.2, 0.25) is 0 Å². The first-order valence-electron chi connectivity index (χ1n) is 7.38. The Labute approximate surface area is 124 Å². The van der Waals surface area contributed by atoms with Gasteiger partial charge >= 0.3 is 0 Å². The lowest BCUT2D eigenvalue weighted by Gasteiger charge is -2.17. The average Bonchev–Trinajstić information content (AvgIpc) is 2.80. The van der Waals surface area contributed by atoms with Gasteiger partial charge in [0, 0.05) is 17.4 Å². The first-order chi connectivity index (χ1) is 10.3. The zero-order valence-electron chi connectivity index (χ0n) is 11.9. The number of hydrogen-bond acceptors (Lipinski definition) is 1. The number of hydrogen-bond donors (Lipinski definition) is 0. The van der Waals surface area contributed by atoms with Crippen molar-refractivity contribution in [2.24, 2.45) is 5.92 Å². The summed E-state index contributed by atoms with van der Waals surface area (Å²) in [5, 5.41) is 2.42. The van der Waals surface area contributed by atoms with Crippen LogP contribution in [0.1, 0.15) is 34.3 Å². The van der Waals surface area contributed by atoms with Crippen molar-refractivity contribution >= 4 is 16.6 Å². The molecule has 1 nitrogen and oxygen atoms in total. The third kappa shape index (κ3) is 1.74. The second-order valence-electron chi connectivity index (χ2n) is 5.79. The first kappa shape index (κ1) is 12.3. The Kier molecular flexibility index (Phi) is 2.68. The van der Waals surface area contributed by atoms with Gasteiger partial charge in [0.2, 0.25) is 0 Å². The summed E-state index contributed by atoms with van der Waals surface area (Å²) in [7, 11) is 0. The van der Waals surface area contributed by atoms with Crippen molar-refractivity contribution in [3.8, 4) is 0 Å². The molecule has 0 aromatic heterocycles. The maximum atomic E-state index is 12.6. The van der Waals surface area contributed by atoms with Crippen LogP contribution in [0.25, 0.3) is 10.8 Å². The summed E-state index contributed by atoms with van der Waals surface area (Å²) in [6.45, 7) is 2.05. The molecule has 0 N–H and O–H groups in total. The number of rotatable bonds is 1. The topological polar surface area (TPSA) is 17.1 Å². The van der Waals surface area contributed by atoms with Crippen molar-refractivity contribution in [1.29, 1.82) is 0 Å². The second kappa shape index (κ2) is 4.56. The Bertz CT molecular complexity index is 833. The van der Waals surface area contributed by atoms with Crippen LogP contribution in [-0.2, 0) is 0 Å². The Morgan fingerprint density at radius 1 is 0.810 bits per heavy atom. The quantitative estimate of drug-likeness (QED) is 0.621. The van der Waals surface area contributed by atoms with Crippen LogP contribution in [0.4, 0.5) is 0 Å². The molecule has 0 radical (unpaired) electrons. The van der Waals surface area contributed by atoms with Crippen molar-refractivity contribution in [3.63, 3.8) is 0 Å². The maximum absolute atomic E-state index is 12.6. The molecule has 0 spiro atoms. The Morgan fingerprint density at radius 3 is 2.33 bits per heavy atom. The predicted octanol–water partition coefficient (Wildman–Crippen LogP) is 4.80. The van der Waals surface area contributed by atoms with E-state index in [2.05, 4.69) is 55.5 Å². The lowest BCUT2D eigenvalue weighted by atomic mass is 9.85. The number of benzene rings is 3. The van der Waals surface area contributed by atoms with Gasteiger partial charge in [0.25, 0.3) is 0 Å². The Morgan fingerprint density at radius 2 is 1.52 bits per heavy atom. The molecule has 0 saturated carbocycles. The maximum Gasteiger partial charge on any atom is 0.166 e. The van der Waals surface area contributed by atoms with Gasteiger partial charge in [-0.15, -0.1) is 0 Å². The van der Waals surface area contributed by atoms with Crippen molar-refractivity contribution in [2.45, 2.75) is 12.8 Å². The lowest BCUT2D eigenvalue weighted by molar-refractivity contribution is 0.0939. The number of carbonyl (C=O) groups is 1. The second-order valence-corrected chi connectivity index (χ2v) is 5.79. The van der Waals surface area contributed by atoms with E-state index >= 15 is 0 Å². The standard InChI is InChI=1S/C20H16O/c1-13-18(15-8-3-2-4-9-15)19-16-10-6-5-7-14(16)11-12-17(19)20(13)21/h2-13,18H,1H3/t13-,18+/m1/s1. The Hall–Kier alpha value is -2.41. The molecule has 1 aliphatic rings. The highest BCUT2D eigenvalue weighted by Gasteiger charge is 2.38. The first-order valence-corrected chi connectivity index (χ1v) is 7.38. The predicted molar refractivity (Wildman–Crippen MR) is 85.7 cm³/mol. The van der Waals surface area contributed by atoms with E-state index < -0.39 is 0 Å². The van der Waals surface area contributed by atoms with Gasteiger partial charge < -0.3 is 0 Å². The molecule has 0 unspecified atom stereocenters. The van der Waals surface area contributed by atoms with Crippen LogP contribution >= 0.6 is 0 Å². The van der Waals surface area contributed by atoms with Gasteiger partial charge in [-0.25, -0.2) is 0 Å². The van der Waals surface area contributed by atoms with Gasteiger partial charge in [0.15, 0.2) is 5.78 Å². The largest absolute Gasteiger partial charge is 0.294 e. The smallest absolute Gasteiger partial charge is 0.166 e. The molecule has 0 aliphatic heterocycles. The van der Waals surface area contributed by atoms with E-state index in [9.17, 15) is 4.79 Å². The van der Waals surface area contributed by atoms with Crippen molar-refractivity contribution in [3.05, 3.63) is 83.4 Å². The summed E-state index contributed by atoms with van der Waals surface area (Å²) in [5.74, 6) is 0.442. The number of Topliss-reactive ketones (excluding diaryl/α,β-unsaturated/α-hetero) is 1. The fourth-order valence-electron chi connectivity index (χ4n) is 3.61. The van der Waals surface area contributed by atoms with E-state index in [-0.39, 0.29) is 17.6 Å². The van der Waals surface area contributed by atoms with E-state index in [4.69, 9.17) is 0 Å². The van der Waals surface area contributed by atoms with Gasteiger partial charge in [-0.2, -0.15) is 0 Å². The number of carbonyl (C=O) groups excluding carboxylic acids is 1. The zero-order chi connectivity index (χ0) is 14.4. The fourth-order valence-corrected chi connectivity index (χ4v) is 3.61. The van der Waals surface area contributed by atoms with E-state index in [1.165, 1.54) is 21.9 Å². The summed E-state index contributed by atoms with van der Waals surface area (Å²) in [6, 6.07) is 22.8. The minimum atomic E-state index is 0.00760. The monoisotopic (exact) mass is 272 g/mol. The molecule has 1 aliphatic carbocycles. The van der Waals surface area contributed by atoms with Gasteiger partial charge in [0.1, 0.15) is 0 Å². The molecule has 21 heavy (non-hydrogen) atoms. The molecule has 0 saturated heterocycles. The van der Waals surface area contributed by atoms with Crippen molar-refractivity contribution in [2.75, 3.05) is 0 Å².